The fourth-order valence-corrected chi connectivity index (χ4v) is 5.71. The van der Waals surface area contributed by atoms with Gasteiger partial charge in [0.1, 0.15) is 23.4 Å². The maximum absolute atomic E-state index is 14.6. The molecule has 10 heteroatoms. The molecular formula is C25H25ClF4N2O3. The fraction of sp³-hybridized carbons (Fsp3) is 0.480. The SMILES string of the molecule is NC(=O)c1cc(C2CC2)c(CN2[C@@H]3CC[C@H]2CC(Oc2cc(Cl)cc(OC(F)(F)F)c2)C3)cc1F. The second-order valence-corrected chi connectivity index (χ2v) is 10.0. The van der Waals surface area contributed by atoms with Crippen LogP contribution in [-0.2, 0) is 6.54 Å². The molecule has 3 aliphatic rings. The number of ether oxygens (including phenoxy) is 2. The standard InChI is InChI=1S/C25H25ClF4N2O3/c26-15-6-18(10-20(7-15)35-25(28,29)30)34-19-8-16-3-4-17(9-19)32(16)12-14-5-23(27)22(24(31)33)11-21(14)13-1-2-13/h5-7,10-11,13,16-17,19H,1-4,8-9,12H2,(H2,31,33)/t16-,17+,19?. The molecule has 1 amide bonds. The first kappa shape index (κ1) is 24.2. The number of hydrogen-bond donors (Lipinski definition) is 1. The quantitative estimate of drug-likeness (QED) is 0.467. The Bertz CT molecular complexity index is 1120. The van der Waals surface area contributed by atoms with Gasteiger partial charge < -0.3 is 15.2 Å². The summed E-state index contributed by atoms with van der Waals surface area (Å²) in [7, 11) is 0. The molecule has 3 fully saturated rings. The van der Waals surface area contributed by atoms with E-state index >= 15 is 0 Å². The Morgan fingerprint density at radius 1 is 1.03 bits per heavy atom. The Labute approximate surface area is 205 Å². The number of nitrogens with two attached hydrogens (primary N) is 1. The minimum atomic E-state index is -4.82. The molecule has 1 unspecified atom stereocenters. The topological polar surface area (TPSA) is 64.8 Å². The van der Waals surface area contributed by atoms with Crippen LogP contribution >= 0.6 is 11.6 Å². The van der Waals surface area contributed by atoms with Gasteiger partial charge in [-0.15, -0.1) is 13.2 Å². The summed E-state index contributed by atoms with van der Waals surface area (Å²) in [5.74, 6) is -1.22. The number of nitrogens with zero attached hydrogens (tertiary/aromatic N) is 1. The molecule has 0 radical (unpaired) electrons. The molecule has 2 heterocycles. The summed E-state index contributed by atoms with van der Waals surface area (Å²) in [5.41, 5.74) is 7.16. The van der Waals surface area contributed by atoms with Gasteiger partial charge in [-0.2, -0.15) is 0 Å². The highest BCUT2D eigenvalue weighted by Gasteiger charge is 2.42. The van der Waals surface area contributed by atoms with E-state index in [2.05, 4.69) is 9.64 Å². The van der Waals surface area contributed by atoms with E-state index < -0.39 is 23.8 Å². The van der Waals surface area contributed by atoms with Crippen LogP contribution in [0.5, 0.6) is 11.5 Å². The van der Waals surface area contributed by atoms with Gasteiger partial charge >= 0.3 is 6.36 Å². The molecule has 1 saturated carbocycles. The van der Waals surface area contributed by atoms with Crippen molar-refractivity contribution in [2.24, 2.45) is 5.73 Å². The summed E-state index contributed by atoms with van der Waals surface area (Å²) in [4.78, 5) is 14.0. The number of hydrogen-bond acceptors (Lipinski definition) is 4. The summed E-state index contributed by atoms with van der Waals surface area (Å²) in [5, 5.41) is 0.0937. The van der Waals surface area contributed by atoms with Crippen molar-refractivity contribution in [3.8, 4) is 11.5 Å². The molecule has 1 aliphatic carbocycles. The number of carbonyl (C=O) groups is 1. The van der Waals surface area contributed by atoms with Crippen LogP contribution in [0.15, 0.2) is 30.3 Å². The molecule has 0 spiro atoms. The normalized spacial score (nSPS) is 24.4. The number of benzene rings is 2. The van der Waals surface area contributed by atoms with Crippen LogP contribution in [0.3, 0.4) is 0 Å². The number of halogens is 5. The molecule has 2 saturated heterocycles. The van der Waals surface area contributed by atoms with Gasteiger partial charge in [0, 0.05) is 29.7 Å². The Hall–Kier alpha value is -2.52. The number of carbonyl (C=O) groups excluding carboxylic acids is 1. The highest BCUT2D eigenvalue weighted by Crippen LogP contribution is 2.45. The van der Waals surface area contributed by atoms with Crippen LogP contribution in [0.25, 0.3) is 0 Å². The van der Waals surface area contributed by atoms with Crippen LogP contribution in [0.4, 0.5) is 17.6 Å². The van der Waals surface area contributed by atoms with Gasteiger partial charge in [0.25, 0.3) is 5.91 Å². The summed E-state index contributed by atoms with van der Waals surface area (Å²) in [6, 6.07) is 7.23. The van der Waals surface area contributed by atoms with Gasteiger partial charge in [-0.3, -0.25) is 9.69 Å². The smallest absolute Gasteiger partial charge is 0.490 e. The zero-order valence-electron chi connectivity index (χ0n) is 18.8. The van der Waals surface area contributed by atoms with Crippen molar-refractivity contribution in [1.82, 2.24) is 4.90 Å². The van der Waals surface area contributed by atoms with Gasteiger partial charge in [-0.05, 0) is 79.8 Å². The maximum atomic E-state index is 14.6. The molecule has 35 heavy (non-hydrogen) atoms. The van der Waals surface area contributed by atoms with Gasteiger partial charge in [-0.25, -0.2) is 4.39 Å². The van der Waals surface area contributed by atoms with Crippen molar-refractivity contribution < 1.29 is 31.8 Å². The Balaban J connectivity index is 1.29. The minimum absolute atomic E-state index is 0.0684. The van der Waals surface area contributed by atoms with E-state index in [1.807, 2.05) is 0 Å². The van der Waals surface area contributed by atoms with E-state index in [0.717, 1.165) is 42.9 Å². The van der Waals surface area contributed by atoms with Crippen molar-refractivity contribution in [3.05, 3.63) is 57.9 Å². The first-order valence-electron chi connectivity index (χ1n) is 11.7. The summed E-state index contributed by atoms with van der Waals surface area (Å²) < 4.78 is 62.4. The summed E-state index contributed by atoms with van der Waals surface area (Å²) in [6.07, 6.45) is 0.335. The number of fused-ring (bicyclic) bond motifs is 2. The van der Waals surface area contributed by atoms with Gasteiger partial charge in [-0.1, -0.05) is 11.6 Å². The average Bonchev–Trinajstić information content (AvgIpc) is 3.53. The van der Waals surface area contributed by atoms with Crippen molar-refractivity contribution in [1.29, 1.82) is 0 Å². The van der Waals surface area contributed by atoms with Crippen LogP contribution < -0.4 is 15.2 Å². The molecule has 2 aromatic carbocycles. The molecule has 5 rings (SSSR count). The van der Waals surface area contributed by atoms with Crippen LogP contribution in [0.1, 0.15) is 65.9 Å². The third-order valence-corrected chi connectivity index (χ3v) is 7.30. The molecule has 188 valence electrons. The van der Waals surface area contributed by atoms with Crippen molar-refractivity contribution in [2.75, 3.05) is 0 Å². The van der Waals surface area contributed by atoms with Crippen LogP contribution in [-0.4, -0.2) is 35.4 Å². The number of alkyl halides is 3. The summed E-state index contributed by atoms with van der Waals surface area (Å²) >= 11 is 5.97. The number of piperidine rings is 1. The first-order valence-corrected chi connectivity index (χ1v) is 12.0. The monoisotopic (exact) mass is 512 g/mol. The van der Waals surface area contributed by atoms with E-state index in [4.69, 9.17) is 22.1 Å². The third-order valence-electron chi connectivity index (χ3n) is 7.09. The number of amides is 1. The lowest BCUT2D eigenvalue weighted by atomic mass is 9.95. The van der Waals surface area contributed by atoms with Crippen molar-refractivity contribution >= 4 is 17.5 Å². The van der Waals surface area contributed by atoms with Gasteiger partial charge in [0.05, 0.1) is 5.56 Å². The highest BCUT2D eigenvalue weighted by atomic mass is 35.5. The molecular weight excluding hydrogens is 488 g/mol. The molecule has 0 aromatic heterocycles. The number of rotatable bonds is 7. The zero-order chi connectivity index (χ0) is 24.9. The van der Waals surface area contributed by atoms with E-state index in [0.29, 0.717) is 25.3 Å². The Morgan fingerprint density at radius 3 is 2.29 bits per heavy atom. The van der Waals surface area contributed by atoms with Gasteiger partial charge in [0.15, 0.2) is 0 Å². The minimum Gasteiger partial charge on any atom is -0.490 e. The summed E-state index contributed by atoms with van der Waals surface area (Å²) in [6.45, 7) is 0.574. The maximum Gasteiger partial charge on any atom is 0.573 e. The Kier molecular flexibility index (Phi) is 6.34. The largest absolute Gasteiger partial charge is 0.573 e. The second kappa shape index (κ2) is 9.17. The van der Waals surface area contributed by atoms with Gasteiger partial charge in [0.2, 0.25) is 0 Å². The van der Waals surface area contributed by atoms with E-state index in [-0.39, 0.29) is 34.5 Å². The van der Waals surface area contributed by atoms with Crippen molar-refractivity contribution in [2.45, 2.75) is 75.5 Å². The molecule has 2 aromatic rings. The van der Waals surface area contributed by atoms with Crippen LogP contribution in [0.2, 0.25) is 5.02 Å². The third kappa shape index (κ3) is 5.51. The second-order valence-electron chi connectivity index (χ2n) is 9.61. The molecule has 2 N–H and O–H groups in total. The predicted molar refractivity (Wildman–Crippen MR) is 121 cm³/mol. The first-order chi connectivity index (χ1) is 16.6. The lowest BCUT2D eigenvalue weighted by Gasteiger charge is -2.39. The predicted octanol–water partition coefficient (Wildman–Crippen LogP) is 5.93. The fourth-order valence-electron chi connectivity index (χ4n) is 5.50. The average molecular weight is 513 g/mol. The number of primary amides is 1. The molecule has 5 nitrogen and oxygen atoms in total. The molecule has 3 atom stereocenters. The zero-order valence-corrected chi connectivity index (χ0v) is 19.5. The Morgan fingerprint density at radius 2 is 1.69 bits per heavy atom. The van der Waals surface area contributed by atoms with Crippen LogP contribution in [0, 0.1) is 5.82 Å². The van der Waals surface area contributed by atoms with E-state index in [9.17, 15) is 22.4 Å². The van der Waals surface area contributed by atoms with E-state index in [1.165, 1.54) is 18.2 Å². The van der Waals surface area contributed by atoms with Crippen molar-refractivity contribution in [3.63, 3.8) is 0 Å². The highest BCUT2D eigenvalue weighted by molar-refractivity contribution is 6.30. The van der Waals surface area contributed by atoms with E-state index in [1.54, 1.807) is 6.07 Å². The molecule has 2 bridgehead atoms. The lowest BCUT2D eigenvalue weighted by Crippen LogP contribution is -2.45. The molecule has 2 aliphatic heterocycles. The lowest BCUT2D eigenvalue weighted by molar-refractivity contribution is -0.274.